The van der Waals surface area contributed by atoms with Crippen molar-refractivity contribution < 1.29 is 37.9 Å². The molecular weight excluding hydrogens is 577 g/mol. The molecule has 0 unspecified atom stereocenters. The van der Waals surface area contributed by atoms with E-state index in [1.807, 2.05) is 20.5 Å². The van der Waals surface area contributed by atoms with Gasteiger partial charge in [-0.2, -0.15) is 13.8 Å². The highest BCUT2D eigenvalue weighted by atomic mass is 32.2. The van der Waals surface area contributed by atoms with E-state index in [0.717, 1.165) is 27.0 Å². The molecule has 39 heavy (non-hydrogen) atoms. The Morgan fingerprint density at radius 1 is 1.44 bits per heavy atom. The summed E-state index contributed by atoms with van der Waals surface area (Å²) in [6.07, 6.45) is 4.21. The summed E-state index contributed by atoms with van der Waals surface area (Å²) in [5, 5.41) is 19.8. The Labute approximate surface area is 230 Å². The summed E-state index contributed by atoms with van der Waals surface area (Å²) in [7, 11) is 0. The van der Waals surface area contributed by atoms with Crippen LogP contribution in [0, 0.1) is 0 Å². The van der Waals surface area contributed by atoms with Crippen molar-refractivity contribution in [3.05, 3.63) is 40.7 Å². The van der Waals surface area contributed by atoms with Crippen LogP contribution in [0.2, 0.25) is 0 Å². The summed E-state index contributed by atoms with van der Waals surface area (Å²) in [6, 6.07) is -1.08. The van der Waals surface area contributed by atoms with Crippen molar-refractivity contribution in [2.75, 3.05) is 18.3 Å². The van der Waals surface area contributed by atoms with Crippen LogP contribution in [-0.4, -0.2) is 77.9 Å². The maximum Gasteiger partial charge on any atom is 0.352 e. The number of halogens is 1. The smallest absolute Gasteiger partial charge is 0.352 e. The summed E-state index contributed by atoms with van der Waals surface area (Å²) < 4.78 is 20.1. The van der Waals surface area contributed by atoms with Gasteiger partial charge in [-0.1, -0.05) is 16.5 Å². The van der Waals surface area contributed by atoms with Crippen LogP contribution in [0.3, 0.4) is 0 Å². The number of nitrogens with zero attached hydrogens (tertiary/aromatic N) is 6. The molecule has 5 rings (SSSR count). The first-order chi connectivity index (χ1) is 18.8. The molecule has 0 aliphatic carbocycles. The minimum absolute atomic E-state index is 0.0364. The van der Waals surface area contributed by atoms with Crippen molar-refractivity contribution in [1.29, 1.82) is 0 Å². The minimum Gasteiger partial charge on any atom is -0.477 e. The van der Waals surface area contributed by atoms with E-state index in [0.29, 0.717) is 12.0 Å². The average Bonchev–Trinajstić information content (AvgIpc) is 3.63. The number of oxime groups is 1. The SMILES string of the molecule is Nc1nc(C(=NOCF)C(=O)N[C@@H]2C(=O)N3C(C(=O)O)=C(Cn4c[n+]5ccsc5c4CNC=O)CS[C@H]23)ns1. The number of carboxylic acid groups (broad SMARTS) is 1. The lowest BCUT2D eigenvalue weighted by molar-refractivity contribution is -0.508. The largest absolute Gasteiger partial charge is 0.477 e. The van der Waals surface area contributed by atoms with Crippen LogP contribution in [0.1, 0.15) is 11.5 Å². The molecule has 15 nitrogen and oxygen atoms in total. The number of aromatic nitrogens is 4. The van der Waals surface area contributed by atoms with Crippen LogP contribution in [0.5, 0.6) is 0 Å². The Hall–Kier alpha value is -4.10. The number of carbonyl (C=O) groups is 4. The second kappa shape index (κ2) is 10.9. The van der Waals surface area contributed by atoms with Crippen molar-refractivity contribution in [2.45, 2.75) is 24.5 Å². The third-order valence-electron chi connectivity index (χ3n) is 5.82. The van der Waals surface area contributed by atoms with E-state index in [2.05, 4.69) is 30.0 Å². The molecule has 1 fully saturated rings. The molecule has 0 spiro atoms. The number of amides is 3. The second-order valence-corrected chi connectivity index (χ2v) is 10.8. The summed E-state index contributed by atoms with van der Waals surface area (Å²) in [5.41, 5.74) is 6.16. The number of carboxylic acids is 1. The Morgan fingerprint density at radius 3 is 2.95 bits per heavy atom. The zero-order valence-electron chi connectivity index (χ0n) is 19.6. The van der Waals surface area contributed by atoms with Gasteiger partial charge in [-0.3, -0.25) is 19.3 Å². The molecule has 5 heterocycles. The van der Waals surface area contributed by atoms with Gasteiger partial charge < -0.3 is 26.3 Å². The van der Waals surface area contributed by atoms with Gasteiger partial charge in [0, 0.05) is 28.2 Å². The van der Waals surface area contributed by atoms with Gasteiger partial charge >= 0.3 is 5.97 Å². The first-order valence-electron chi connectivity index (χ1n) is 11.0. The molecule has 1 saturated heterocycles. The fourth-order valence-corrected chi connectivity index (χ4v) is 6.86. The standard InChI is InChI=1S/C20H18FN9O6S3/c21-6-36-26-11(14-25-20(22)39-27-14)15(32)24-12-16(33)30-13(19(34)35)9(5-38-18(12)30)4-29-8-28-1-2-37-17(28)10(29)3-23-7-31/h1-2,7-8,12,18H,3-6H2,(H4-,22,23,24,25,27,31,32,34,35)/p+1/t12-,18-/m1/s1. The molecule has 3 amide bonds. The summed E-state index contributed by atoms with van der Waals surface area (Å²) >= 11 is 3.53. The van der Waals surface area contributed by atoms with Crippen molar-refractivity contribution in [1.82, 2.24) is 29.5 Å². The number of rotatable bonds is 11. The monoisotopic (exact) mass is 596 g/mol. The average molecular weight is 597 g/mol. The number of thiazole rings is 1. The number of carbonyl (C=O) groups excluding carboxylic acids is 3. The van der Waals surface area contributed by atoms with Crippen molar-refractivity contribution in [3.8, 4) is 0 Å². The van der Waals surface area contributed by atoms with E-state index in [-0.39, 0.29) is 35.5 Å². The molecule has 2 atom stereocenters. The number of β-lactam (4-membered cyclic amide) rings is 1. The number of anilines is 1. The normalized spacial score (nSPS) is 19.1. The molecule has 2 aliphatic rings. The maximum atomic E-state index is 13.1. The van der Waals surface area contributed by atoms with E-state index in [4.69, 9.17) is 5.73 Å². The fourth-order valence-electron chi connectivity index (χ4n) is 4.22. The summed E-state index contributed by atoms with van der Waals surface area (Å²) in [4.78, 5) is 59.4. The fraction of sp³-hybridized carbons (Fsp3) is 0.300. The number of alkyl halides is 1. The maximum absolute atomic E-state index is 13.1. The third-order valence-corrected chi connectivity index (χ3v) is 8.63. The number of hydrogen-bond donors (Lipinski definition) is 4. The molecule has 19 heteroatoms. The van der Waals surface area contributed by atoms with Crippen LogP contribution in [-0.2, 0) is 37.1 Å². The van der Waals surface area contributed by atoms with Gasteiger partial charge in [0.1, 0.15) is 29.9 Å². The predicted octanol–water partition coefficient (Wildman–Crippen LogP) is -0.945. The van der Waals surface area contributed by atoms with Gasteiger partial charge in [-0.25, -0.2) is 13.8 Å². The highest BCUT2D eigenvalue weighted by molar-refractivity contribution is 8.00. The molecule has 0 saturated carbocycles. The third kappa shape index (κ3) is 4.90. The summed E-state index contributed by atoms with van der Waals surface area (Å²) in [5.74, 6) is -2.79. The Kier molecular flexibility index (Phi) is 7.44. The van der Waals surface area contributed by atoms with Crippen LogP contribution in [0.15, 0.2) is 34.3 Å². The lowest BCUT2D eigenvalue weighted by Crippen LogP contribution is -2.71. The number of aliphatic carboxylic acids is 1. The van der Waals surface area contributed by atoms with Crippen LogP contribution < -0.4 is 20.8 Å². The Morgan fingerprint density at radius 2 is 2.26 bits per heavy atom. The zero-order valence-corrected chi connectivity index (χ0v) is 22.1. The molecule has 2 aliphatic heterocycles. The number of nitrogen functional groups attached to an aromatic ring is 1. The quantitative estimate of drug-likeness (QED) is 0.0704. The molecule has 5 N–H and O–H groups in total. The molecule has 0 bridgehead atoms. The number of imidazole rings is 1. The van der Waals surface area contributed by atoms with Gasteiger partial charge in [0.15, 0.2) is 10.8 Å². The molecule has 204 valence electrons. The van der Waals surface area contributed by atoms with Crippen LogP contribution >= 0.6 is 34.6 Å². The molecule has 3 aromatic rings. The van der Waals surface area contributed by atoms with E-state index >= 15 is 0 Å². The van der Waals surface area contributed by atoms with Crippen molar-refractivity contribution in [2.24, 2.45) is 5.16 Å². The molecule has 3 aromatic heterocycles. The summed E-state index contributed by atoms with van der Waals surface area (Å²) in [6.45, 7) is -0.912. The molecule has 0 aromatic carbocycles. The number of nitrogens with two attached hydrogens (primary N) is 1. The van der Waals surface area contributed by atoms with Crippen molar-refractivity contribution >= 4 is 74.5 Å². The van der Waals surface area contributed by atoms with Gasteiger partial charge in [0.05, 0.1) is 6.54 Å². The predicted molar refractivity (Wildman–Crippen MR) is 136 cm³/mol. The van der Waals surface area contributed by atoms with E-state index < -0.39 is 41.8 Å². The van der Waals surface area contributed by atoms with Crippen molar-refractivity contribution in [3.63, 3.8) is 0 Å². The molecule has 0 radical (unpaired) electrons. The first-order valence-corrected chi connectivity index (χ1v) is 13.7. The lowest BCUT2D eigenvalue weighted by Gasteiger charge is -2.49. The Bertz CT molecular complexity index is 1530. The first kappa shape index (κ1) is 26.5. The topological polar surface area (TPSA) is 198 Å². The van der Waals surface area contributed by atoms with Gasteiger partial charge in [-0.15, -0.1) is 11.8 Å². The van der Waals surface area contributed by atoms with Gasteiger partial charge in [-0.05, 0) is 0 Å². The highest BCUT2D eigenvalue weighted by Crippen LogP contribution is 2.41. The molecular formula is C20H19FN9O6S3+. The zero-order chi connectivity index (χ0) is 27.7. The number of fused-ring (bicyclic) bond motifs is 2. The van der Waals surface area contributed by atoms with Crippen LogP contribution in [0.25, 0.3) is 4.83 Å². The lowest BCUT2D eigenvalue weighted by atomic mass is 10.0. The minimum atomic E-state index is -1.31. The van der Waals surface area contributed by atoms with E-state index in [1.165, 1.54) is 23.1 Å². The van der Waals surface area contributed by atoms with Crippen LogP contribution in [0.4, 0.5) is 9.52 Å². The van der Waals surface area contributed by atoms with Gasteiger partial charge in [0.25, 0.3) is 18.7 Å². The van der Waals surface area contributed by atoms with Gasteiger partial charge in [0.2, 0.25) is 29.1 Å². The second-order valence-electron chi connectivity index (χ2n) is 8.06. The Balaban J connectivity index is 1.37. The number of hydrogen-bond acceptors (Lipinski definition) is 12. The number of nitrogens with one attached hydrogen (secondary N) is 2. The van der Waals surface area contributed by atoms with E-state index in [9.17, 15) is 28.7 Å². The highest BCUT2D eigenvalue weighted by Gasteiger charge is 2.54. The number of thioether (sulfide) groups is 1. The van der Waals surface area contributed by atoms with E-state index in [1.54, 1.807) is 6.33 Å².